The summed E-state index contributed by atoms with van der Waals surface area (Å²) in [5, 5.41) is 10.5. The number of carboxylic acids is 1. The van der Waals surface area contributed by atoms with E-state index in [4.69, 9.17) is 0 Å². The number of para-hydroxylation sites is 1. The molecular weight excluding hydrogens is 214 g/mol. The van der Waals surface area contributed by atoms with E-state index in [1.807, 2.05) is 42.9 Å². The topological polar surface area (TPSA) is 42.2 Å². The quantitative estimate of drug-likeness (QED) is 0.863. The Morgan fingerprint density at radius 2 is 2.00 bits per heavy atom. The van der Waals surface area contributed by atoms with E-state index in [2.05, 4.69) is 0 Å². The Labute approximate surface area is 101 Å². The van der Waals surface area contributed by atoms with E-state index in [9.17, 15) is 9.90 Å². The molecule has 0 aliphatic carbocycles. The van der Waals surface area contributed by atoms with Gasteiger partial charge in [0, 0.05) is 18.6 Å². The van der Waals surface area contributed by atoms with Crippen LogP contribution in [0.4, 0.5) is 0 Å². The van der Waals surface area contributed by atoms with Crippen molar-refractivity contribution in [2.75, 3.05) is 0 Å². The number of aliphatic carboxylic acids is 1. The number of nitrogens with zero attached hydrogens (tertiary/aromatic N) is 1. The summed E-state index contributed by atoms with van der Waals surface area (Å²) in [7, 11) is 1.96. The molecule has 0 aliphatic rings. The van der Waals surface area contributed by atoms with Crippen LogP contribution < -0.4 is 0 Å². The number of aryl methyl sites for hydroxylation is 2. The van der Waals surface area contributed by atoms with Crippen molar-refractivity contribution >= 4 is 16.9 Å². The third kappa shape index (κ3) is 1.62. The molecule has 17 heavy (non-hydrogen) atoms. The van der Waals surface area contributed by atoms with Gasteiger partial charge in [0.15, 0.2) is 0 Å². The molecule has 2 aromatic rings. The van der Waals surface area contributed by atoms with Gasteiger partial charge in [0.1, 0.15) is 0 Å². The predicted molar refractivity (Wildman–Crippen MR) is 68.3 cm³/mol. The van der Waals surface area contributed by atoms with Crippen molar-refractivity contribution < 1.29 is 9.90 Å². The van der Waals surface area contributed by atoms with Crippen molar-refractivity contribution in [3.8, 4) is 0 Å². The molecule has 3 heteroatoms. The molecule has 3 nitrogen and oxygen atoms in total. The second-order valence-electron chi connectivity index (χ2n) is 5.05. The van der Waals surface area contributed by atoms with Gasteiger partial charge in [-0.15, -0.1) is 0 Å². The van der Waals surface area contributed by atoms with E-state index in [-0.39, 0.29) is 0 Å². The van der Waals surface area contributed by atoms with Crippen molar-refractivity contribution in [2.45, 2.75) is 26.2 Å². The van der Waals surface area contributed by atoms with Crippen LogP contribution in [0.25, 0.3) is 10.9 Å². The van der Waals surface area contributed by atoms with Gasteiger partial charge in [-0.25, -0.2) is 0 Å². The minimum Gasteiger partial charge on any atom is -0.481 e. The average molecular weight is 231 g/mol. The number of hydrogen-bond donors (Lipinski definition) is 1. The summed E-state index contributed by atoms with van der Waals surface area (Å²) in [6.07, 6.45) is 2.03. The zero-order chi connectivity index (χ0) is 12.8. The van der Waals surface area contributed by atoms with Gasteiger partial charge in [-0.1, -0.05) is 18.2 Å². The lowest BCUT2D eigenvalue weighted by molar-refractivity contribution is -0.142. The molecule has 0 amide bonds. The molecular formula is C14H17NO2. The maximum Gasteiger partial charge on any atom is 0.313 e. The van der Waals surface area contributed by atoms with E-state index >= 15 is 0 Å². The van der Waals surface area contributed by atoms with E-state index in [0.717, 1.165) is 16.5 Å². The first-order chi connectivity index (χ1) is 7.85. The third-order valence-electron chi connectivity index (χ3n) is 3.41. The number of aromatic nitrogens is 1. The fourth-order valence-corrected chi connectivity index (χ4v) is 2.29. The SMILES string of the molecule is Cc1cn(C)c2c(C(C)(C)C(=O)O)cccc12. The third-order valence-corrected chi connectivity index (χ3v) is 3.41. The molecule has 0 unspecified atom stereocenters. The Morgan fingerprint density at radius 3 is 2.59 bits per heavy atom. The molecule has 2 rings (SSSR count). The summed E-state index contributed by atoms with van der Waals surface area (Å²) >= 11 is 0. The first kappa shape index (κ1) is 11.7. The summed E-state index contributed by atoms with van der Waals surface area (Å²) in [6.45, 7) is 5.53. The Bertz CT molecular complexity index is 594. The van der Waals surface area contributed by atoms with Crippen LogP contribution in [0.3, 0.4) is 0 Å². The Kier molecular flexibility index (Phi) is 2.49. The molecule has 0 aliphatic heterocycles. The van der Waals surface area contributed by atoms with Gasteiger partial charge in [0.05, 0.1) is 10.9 Å². The fraction of sp³-hybridized carbons (Fsp3) is 0.357. The number of rotatable bonds is 2. The number of hydrogen-bond acceptors (Lipinski definition) is 1. The number of fused-ring (bicyclic) bond motifs is 1. The standard InChI is InChI=1S/C14H17NO2/c1-9-8-15(4)12-10(9)6-5-7-11(12)14(2,3)13(16)17/h5-8H,1-4H3,(H,16,17). The Morgan fingerprint density at radius 1 is 1.35 bits per heavy atom. The Hall–Kier alpha value is -1.77. The van der Waals surface area contributed by atoms with Gasteiger partial charge >= 0.3 is 5.97 Å². The largest absolute Gasteiger partial charge is 0.481 e. The summed E-state index contributed by atoms with van der Waals surface area (Å²) in [5.41, 5.74) is 2.17. The molecule has 1 aromatic carbocycles. The van der Waals surface area contributed by atoms with E-state index in [0.29, 0.717) is 0 Å². The average Bonchev–Trinajstić information content (AvgIpc) is 2.54. The fourth-order valence-electron chi connectivity index (χ4n) is 2.29. The molecule has 0 bridgehead atoms. The lowest BCUT2D eigenvalue weighted by atomic mass is 9.83. The normalized spacial score (nSPS) is 12.0. The summed E-state index contributed by atoms with van der Waals surface area (Å²) in [4.78, 5) is 11.4. The van der Waals surface area contributed by atoms with Gasteiger partial charge in [0.25, 0.3) is 0 Å². The van der Waals surface area contributed by atoms with Crippen LogP contribution in [0.15, 0.2) is 24.4 Å². The maximum atomic E-state index is 11.4. The molecule has 90 valence electrons. The highest BCUT2D eigenvalue weighted by atomic mass is 16.4. The van der Waals surface area contributed by atoms with Crippen molar-refractivity contribution in [3.05, 3.63) is 35.5 Å². The second-order valence-corrected chi connectivity index (χ2v) is 5.05. The zero-order valence-corrected chi connectivity index (χ0v) is 10.6. The first-order valence-electron chi connectivity index (χ1n) is 5.64. The summed E-state index contributed by atoms with van der Waals surface area (Å²) in [5.74, 6) is -0.802. The highest BCUT2D eigenvalue weighted by molar-refractivity contribution is 5.92. The summed E-state index contributed by atoms with van der Waals surface area (Å²) in [6, 6.07) is 5.86. The van der Waals surface area contributed by atoms with E-state index in [1.165, 1.54) is 5.56 Å². The van der Waals surface area contributed by atoms with Crippen LogP contribution in [-0.2, 0) is 17.3 Å². The van der Waals surface area contributed by atoms with Crippen LogP contribution in [0, 0.1) is 6.92 Å². The van der Waals surface area contributed by atoms with Gasteiger partial charge in [-0.05, 0) is 31.9 Å². The molecule has 0 saturated heterocycles. The van der Waals surface area contributed by atoms with Crippen LogP contribution in [0.1, 0.15) is 25.0 Å². The van der Waals surface area contributed by atoms with Crippen molar-refractivity contribution in [1.82, 2.24) is 4.57 Å². The molecule has 0 spiro atoms. The number of carboxylic acid groups (broad SMARTS) is 1. The van der Waals surface area contributed by atoms with Gasteiger partial charge < -0.3 is 9.67 Å². The molecule has 0 fully saturated rings. The van der Waals surface area contributed by atoms with Crippen LogP contribution in [-0.4, -0.2) is 15.6 Å². The van der Waals surface area contributed by atoms with E-state index < -0.39 is 11.4 Å². The molecule has 1 N–H and O–H groups in total. The molecule has 0 atom stereocenters. The summed E-state index contributed by atoms with van der Waals surface area (Å²) < 4.78 is 2.00. The highest BCUT2D eigenvalue weighted by Gasteiger charge is 2.32. The molecule has 0 radical (unpaired) electrons. The lowest BCUT2D eigenvalue weighted by Crippen LogP contribution is -2.29. The minimum absolute atomic E-state index is 0.802. The molecule has 0 saturated carbocycles. The Balaban J connectivity index is 2.83. The van der Waals surface area contributed by atoms with E-state index in [1.54, 1.807) is 13.8 Å². The smallest absolute Gasteiger partial charge is 0.313 e. The van der Waals surface area contributed by atoms with Crippen molar-refractivity contribution in [1.29, 1.82) is 0 Å². The van der Waals surface area contributed by atoms with Crippen molar-refractivity contribution in [2.24, 2.45) is 7.05 Å². The molecule has 1 aromatic heterocycles. The van der Waals surface area contributed by atoms with Gasteiger partial charge in [-0.2, -0.15) is 0 Å². The maximum absolute atomic E-state index is 11.4. The zero-order valence-electron chi connectivity index (χ0n) is 10.6. The minimum atomic E-state index is -0.877. The first-order valence-corrected chi connectivity index (χ1v) is 5.64. The van der Waals surface area contributed by atoms with Crippen molar-refractivity contribution in [3.63, 3.8) is 0 Å². The van der Waals surface area contributed by atoms with Gasteiger partial charge in [0.2, 0.25) is 0 Å². The van der Waals surface area contributed by atoms with Crippen LogP contribution >= 0.6 is 0 Å². The van der Waals surface area contributed by atoms with Gasteiger partial charge in [-0.3, -0.25) is 4.79 Å². The monoisotopic (exact) mass is 231 g/mol. The number of carbonyl (C=O) groups is 1. The lowest BCUT2D eigenvalue weighted by Gasteiger charge is -2.21. The molecule has 1 heterocycles. The van der Waals surface area contributed by atoms with Crippen LogP contribution in [0.5, 0.6) is 0 Å². The van der Waals surface area contributed by atoms with Crippen LogP contribution in [0.2, 0.25) is 0 Å². The predicted octanol–water partition coefficient (Wildman–Crippen LogP) is 2.85. The number of benzene rings is 1. The second kappa shape index (κ2) is 3.62. The highest BCUT2D eigenvalue weighted by Crippen LogP contribution is 2.32.